The van der Waals surface area contributed by atoms with Gasteiger partial charge in [0.2, 0.25) is 0 Å². The predicted molar refractivity (Wildman–Crippen MR) is 110 cm³/mol. The van der Waals surface area contributed by atoms with Crippen molar-refractivity contribution >= 4 is 39.9 Å². The number of nitrogens with zero attached hydrogens (tertiary/aromatic N) is 1. The van der Waals surface area contributed by atoms with Gasteiger partial charge in [-0.2, -0.15) is 0 Å². The summed E-state index contributed by atoms with van der Waals surface area (Å²) in [5.74, 6) is 0.942. The van der Waals surface area contributed by atoms with Crippen molar-refractivity contribution in [3.05, 3.63) is 79.8 Å². The average molecular weight is 494 g/mol. The number of nitrogens with one attached hydrogen (secondary N) is 1. The second-order valence-corrected chi connectivity index (χ2v) is 6.89. The first-order valence-electron chi connectivity index (χ1n) is 8.06. The summed E-state index contributed by atoms with van der Waals surface area (Å²) in [4.78, 5) is 22.8. The van der Waals surface area contributed by atoms with Crippen LogP contribution in [0.2, 0.25) is 0 Å². The van der Waals surface area contributed by atoms with Crippen molar-refractivity contribution in [2.45, 2.75) is 6.61 Å². The van der Waals surface area contributed by atoms with E-state index in [1.807, 2.05) is 24.3 Å². The molecule has 3 aromatic rings. The summed E-state index contributed by atoms with van der Waals surface area (Å²) in [7, 11) is 1.39. The summed E-state index contributed by atoms with van der Waals surface area (Å²) in [6, 6.07) is 14.7. The van der Waals surface area contributed by atoms with Crippen LogP contribution in [0.4, 0.5) is 11.4 Å². The number of rotatable bonds is 7. The molecule has 0 spiro atoms. The molecule has 0 saturated carbocycles. The van der Waals surface area contributed by atoms with Crippen LogP contribution >= 0.6 is 22.6 Å². The van der Waals surface area contributed by atoms with E-state index in [1.165, 1.54) is 31.4 Å². The third-order valence-corrected chi connectivity index (χ3v) is 4.40. The van der Waals surface area contributed by atoms with Crippen LogP contribution in [-0.2, 0) is 6.61 Å². The molecular weight excluding hydrogens is 479 g/mol. The highest BCUT2D eigenvalue weighted by Gasteiger charge is 2.15. The smallest absolute Gasteiger partial charge is 0.291 e. The second kappa shape index (κ2) is 8.74. The van der Waals surface area contributed by atoms with Gasteiger partial charge in [0.1, 0.15) is 23.9 Å². The highest BCUT2D eigenvalue weighted by atomic mass is 127. The molecule has 0 aliphatic rings. The minimum Gasteiger partial charge on any atom is -0.496 e. The van der Waals surface area contributed by atoms with Crippen LogP contribution in [0.25, 0.3) is 0 Å². The molecule has 1 N–H and O–H groups in total. The molecule has 0 aliphatic carbocycles. The van der Waals surface area contributed by atoms with Gasteiger partial charge < -0.3 is 19.2 Å². The van der Waals surface area contributed by atoms with Gasteiger partial charge in [-0.25, -0.2) is 0 Å². The third-order valence-electron chi connectivity index (χ3n) is 3.68. The summed E-state index contributed by atoms with van der Waals surface area (Å²) in [5, 5.41) is 13.6. The van der Waals surface area contributed by atoms with Crippen LogP contribution in [0.3, 0.4) is 0 Å². The fourth-order valence-corrected chi connectivity index (χ4v) is 2.69. The van der Waals surface area contributed by atoms with E-state index < -0.39 is 10.8 Å². The van der Waals surface area contributed by atoms with Crippen molar-refractivity contribution in [3.63, 3.8) is 0 Å². The molecule has 2 aromatic carbocycles. The number of carbonyl (C=O) groups excluding carboxylic acids is 1. The topological polar surface area (TPSA) is 104 Å². The zero-order chi connectivity index (χ0) is 20.1. The standard InChI is InChI=1S/C19H15IN2O6/c1-26-17-9-13(8-14(10-17)22(24)25)21-19(23)18-7-6-16(28-18)11-27-15-4-2-12(20)3-5-15/h2-10H,11H2,1H3,(H,21,23). The van der Waals surface area contributed by atoms with Crippen molar-refractivity contribution in [1.82, 2.24) is 0 Å². The molecule has 0 atom stereocenters. The molecule has 28 heavy (non-hydrogen) atoms. The average Bonchev–Trinajstić information content (AvgIpc) is 3.16. The molecular formula is C19H15IN2O6. The molecule has 1 aromatic heterocycles. The first-order valence-corrected chi connectivity index (χ1v) is 9.14. The van der Waals surface area contributed by atoms with Gasteiger partial charge in [-0.3, -0.25) is 14.9 Å². The summed E-state index contributed by atoms with van der Waals surface area (Å²) >= 11 is 2.20. The monoisotopic (exact) mass is 494 g/mol. The quantitative estimate of drug-likeness (QED) is 0.292. The van der Waals surface area contributed by atoms with E-state index in [4.69, 9.17) is 13.9 Å². The van der Waals surface area contributed by atoms with Crippen LogP contribution < -0.4 is 14.8 Å². The van der Waals surface area contributed by atoms with E-state index >= 15 is 0 Å². The summed E-state index contributed by atoms with van der Waals surface area (Å²) < 4.78 is 17.2. The van der Waals surface area contributed by atoms with E-state index in [0.29, 0.717) is 11.5 Å². The van der Waals surface area contributed by atoms with Gasteiger partial charge >= 0.3 is 0 Å². The zero-order valence-corrected chi connectivity index (χ0v) is 16.8. The van der Waals surface area contributed by atoms with Gasteiger partial charge in [0, 0.05) is 15.7 Å². The van der Waals surface area contributed by atoms with Gasteiger partial charge in [-0.05, 0) is 59.0 Å². The number of ether oxygens (including phenoxy) is 2. The van der Waals surface area contributed by atoms with E-state index in [-0.39, 0.29) is 29.5 Å². The van der Waals surface area contributed by atoms with Crippen molar-refractivity contribution in [2.75, 3.05) is 12.4 Å². The molecule has 9 heteroatoms. The Balaban J connectivity index is 1.66. The Bertz CT molecular complexity index is 1000. The summed E-state index contributed by atoms with van der Waals surface area (Å²) in [6.45, 7) is 0.165. The zero-order valence-electron chi connectivity index (χ0n) is 14.7. The largest absolute Gasteiger partial charge is 0.496 e. The number of halogens is 1. The van der Waals surface area contributed by atoms with E-state index in [2.05, 4.69) is 27.9 Å². The number of amides is 1. The molecule has 0 radical (unpaired) electrons. The maximum atomic E-state index is 12.4. The highest BCUT2D eigenvalue weighted by molar-refractivity contribution is 14.1. The molecule has 0 bridgehead atoms. The molecule has 0 saturated heterocycles. The maximum absolute atomic E-state index is 12.4. The first kappa shape index (κ1) is 19.7. The van der Waals surface area contributed by atoms with Gasteiger partial charge in [0.15, 0.2) is 5.76 Å². The minimum atomic E-state index is -0.564. The van der Waals surface area contributed by atoms with Crippen LogP contribution in [0.1, 0.15) is 16.3 Å². The number of hydrogen-bond acceptors (Lipinski definition) is 6. The Morgan fingerprint density at radius 3 is 2.57 bits per heavy atom. The van der Waals surface area contributed by atoms with Gasteiger partial charge in [-0.1, -0.05) is 0 Å². The number of nitro groups is 1. The predicted octanol–water partition coefficient (Wildman–Crippen LogP) is 4.63. The number of hydrogen-bond donors (Lipinski definition) is 1. The lowest BCUT2D eigenvalue weighted by molar-refractivity contribution is -0.384. The Labute approximate surface area is 173 Å². The third kappa shape index (κ3) is 5.00. The molecule has 8 nitrogen and oxygen atoms in total. The van der Waals surface area contributed by atoms with Gasteiger partial charge in [0.05, 0.1) is 23.8 Å². The van der Waals surface area contributed by atoms with Crippen LogP contribution in [-0.4, -0.2) is 17.9 Å². The van der Waals surface area contributed by atoms with Crippen molar-refractivity contribution in [3.8, 4) is 11.5 Å². The van der Waals surface area contributed by atoms with Crippen LogP contribution in [0.15, 0.2) is 59.0 Å². The molecule has 3 rings (SSSR count). The number of nitro benzene ring substituents is 1. The molecule has 144 valence electrons. The number of methoxy groups -OCH3 is 1. The molecule has 0 unspecified atom stereocenters. The Morgan fingerprint density at radius 1 is 1.14 bits per heavy atom. The van der Waals surface area contributed by atoms with Gasteiger partial charge in [-0.15, -0.1) is 0 Å². The van der Waals surface area contributed by atoms with E-state index in [1.54, 1.807) is 6.07 Å². The fourth-order valence-electron chi connectivity index (χ4n) is 2.33. The number of carbonyl (C=O) groups is 1. The summed E-state index contributed by atoms with van der Waals surface area (Å²) in [5.41, 5.74) is 0.0323. The van der Waals surface area contributed by atoms with Gasteiger partial charge in [0.25, 0.3) is 11.6 Å². The molecule has 0 aliphatic heterocycles. The Hall–Kier alpha value is -3.08. The molecule has 1 amide bonds. The first-order chi connectivity index (χ1) is 13.4. The van der Waals surface area contributed by atoms with Crippen molar-refractivity contribution < 1.29 is 23.6 Å². The number of anilines is 1. The second-order valence-electron chi connectivity index (χ2n) is 5.64. The fraction of sp³-hybridized carbons (Fsp3) is 0.105. The lowest BCUT2D eigenvalue weighted by Crippen LogP contribution is -2.11. The van der Waals surface area contributed by atoms with Crippen molar-refractivity contribution in [1.29, 1.82) is 0 Å². The highest BCUT2D eigenvalue weighted by Crippen LogP contribution is 2.26. The molecule has 1 heterocycles. The number of non-ortho nitro benzene ring substituents is 1. The number of furan rings is 1. The summed E-state index contributed by atoms with van der Waals surface area (Å²) in [6.07, 6.45) is 0. The lowest BCUT2D eigenvalue weighted by atomic mass is 10.2. The van der Waals surface area contributed by atoms with E-state index in [9.17, 15) is 14.9 Å². The Morgan fingerprint density at radius 2 is 1.89 bits per heavy atom. The Kier molecular flexibility index (Phi) is 6.14. The van der Waals surface area contributed by atoms with E-state index in [0.717, 1.165) is 3.57 Å². The lowest BCUT2D eigenvalue weighted by Gasteiger charge is -2.06. The number of benzene rings is 2. The van der Waals surface area contributed by atoms with Crippen LogP contribution in [0.5, 0.6) is 11.5 Å². The maximum Gasteiger partial charge on any atom is 0.291 e. The molecule has 0 fully saturated rings. The minimum absolute atomic E-state index is 0.0617. The van der Waals surface area contributed by atoms with Crippen LogP contribution in [0, 0.1) is 13.7 Å². The SMILES string of the molecule is COc1cc(NC(=O)c2ccc(COc3ccc(I)cc3)o2)cc([N+](=O)[O-])c1. The van der Waals surface area contributed by atoms with Crippen molar-refractivity contribution in [2.24, 2.45) is 0 Å². The normalized spacial score (nSPS) is 10.4.